The molecule has 0 amide bonds. The van der Waals surface area contributed by atoms with Gasteiger partial charge in [-0.2, -0.15) is 0 Å². The number of pyridine rings is 2. The summed E-state index contributed by atoms with van der Waals surface area (Å²) in [6.45, 7) is 13.4. The molecule has 0 spiro atoms. The molecule has 0 bridgehead atoms. The van der Waals surface area contributed by atoms with E-state index in [4.69, 9.17) is 9.40 Å². The molecule has 4 aromatic heterocycles. The fraction of sp³-hybridized carbons (Fsp3) is 0.182. The summed E-state index contributed by atoms with van der Waals surface area (Å²) in [5.41, 5.74) is 12.2. The number of hydrogen-bond donors (Lipinski definition) is 0. The molecule has 0 aliphatic carbocycles. The van der Waals surface area contributed by atoms with Crippen molar-refractivity contribution in [2.45, 2.75) is 48.0 Å². The zero-order valence-electron chi connectivity index (χ0n) is 28.6. The largest absolute Gasteiger partial charge is 0.500 e. The fourth-order valence-corrected chi connectivity index (χ4v) is 7.44. The van der Waals surface area contributed by atoms with E-state index in [9.17, 15) is 0 Å². The summed E-state index contributed by atoms with van der Waals surface area (Å²) in [6.07, 6.45) is 4.80. The Hall–Kier alpha value is -4.41. The number of furan rings is 1. The van der Waals surface area contributed by atoms with Crippen molar-refractivity contribution < 1.29 is 24.5 Å². The van der Waals surface area contributed by atoms with Crippen molar-refractivity contribution in [3.8, 4) is 33.6 Å². The number of nitrogens with zero attached hydrogens (tertiary/aromatic N) is 2. The quantitative estimate of drug-likeness (QED) is 0.166. The molecule has 0 fully saturated rings. The summed E-state index contributed by atoms with van der Waals surface area (Å²) in [5, 5.41) is 3.44. The van der Waals surface area contributed by atoms with Crippen LogP contribution in [0.1, 0.15) is 42.3 Å². The maximum atomic E-state index is 6.59. The Morgan fingerprint density at radius 1 is 0.714 bits per heavy atom. The van der Waals surface area contributed by atoms with Gasteiger partial charge in [-0.25, -0.2) is 0 Å². The first kappa shape index (κ1) is 34.5. The van der Waals surface area contributed by atoms with Crippen LogP contribution in [0, 0.1) is 38.3 Å². The summed E-state index contributed by atoms with van der Waals surface area (Å²) in [6, 6.07) is 39.8. The van der Waals surface area contributed by atoms with Gasteiger partial charge in [-0.05, 0) is 84.4 Å². The van der Waals surface area contributed by atoms with Crippen LogP contribution in [0.4, 0.5) is 0 Å². The predicted octanol–water partition coefficient (Wildman–Crippen LogP) is 12.4. The van der Waals surface area contributed by atoms with Crippen LogP contribution >= 0.6 is 11.3 Å². The number of benzene rings is 4. The second-order valence-corrected chi connectivity index (χ2v) is 14.9. The van der Waals surface area contributed by atoms with Crippen molar-refractivity contribution in [1.82, 2.24) is 9.97 Å². The van der Waals surface area contributed by atoms with E-state index in [1.807, 2.05) is 48.5 Å². The molecule has 0 aliphatic rings. The fourth-order valence-electron chi connectivity index (χ4n) is 6.52. The maximum Gasteiger partial charge on any atom is 0.129 e. The minimum atomic E-state index is 0. The molecule has 0 saturated carbocycles. The van der Waals surface area contributed by atoms with Crippen LogP contribution in [-0.4, -0.2) is 9.97 Å². The molecular weight excluding hydrogens is 797 g/mol. The molecule has 3 nitrogen and oxygen atoms in total. The van der Waals surface area contributed by atoms with Crippen molar-refractivity contribution in [3.63, 3.8) is 0 Å². The van der Waals surface area contributed by atoms with Crippen LogP contribution in [0.15, 0.2) is 114 Å². The standard InChI is InChI=1S/C33H30NOS.C11H8N.Ir/c1-19-9-7-10-20(2)30(19)27-18-34-28(16-22(27)17-33(4,5)6)25-12-8-11-23-24-13-14-29-26(15-21(3)36-29)32(24)35-31(23)25;1-2-6-10(7-3-1)11-8-4-5-9-12-11;/h7-11,13-16,18H,17H2,1-6H3;1-6,8-9H;/q2*-1;. The van der Waals surface area contributed by atoms with Gasteiger partial charge < -0.3 is 14.4 Å². The van der Waals surface area contributed by atoms with Gasteiger partial charge in [0.05, 0.1) is 5.58 Å². The van der Waals surface area contributed by atoms with Gasteiger partial charge in [-0.1, -0.05) is 74.2 Å². The Balaban J connectivity index is 0.000000270. The van der Waals surface area contributed by atoms with E-state index in [2.05, 4.69) is 113 Å². The summed E-state index contributed by atoms with van der Waals surface area (Å²) < 4.78 is 7.85. The van der Waals surface area contributed by atoms with Gasteiger partial charge in [0.25, 0.3) is 0 Å². The first-order valence-corrected chi connectivity index (χ1v) is 17.2. The average molecular weight is 835 g/mol. The zero-order valence-corrected chi connectivity index (χ0v) is 31.9. The van der Waals surface area contributed by atoms with E-state index >= 15 is 0 Å². The molecule has 8 aromatic rings. The van der Waals surface area contributed by atoms with Gasteiger partial charge in [0, 0.05) is 58.4 Å². The molecule has 5 heteroatoms. The first-order chi connectivity index (χ1) is 23.2. The van der Waals surface area contributed by atoms with Gasteiger partial charge in [-0.15, -0.1) is 65.4 Å². The molecule has 8 rings (SSSR count). The number of aryl methyl sites for hydroxylation is 3. The van der Waals surface area contributed by atoms with Crippen molar-refractivity contribution in [2.24, 2.45) is 5.41 Å². The van der Waals surface area contributed by atoms with E-state index in [0.29, 0.717) is 0 Å². The van der Waals surface area contributed by atoms with Crippen LogP contribution in [0.25, 0.3) is 65.7 Å². The van der Waals surface area contributed by atoms with Gasteiger partial charge in [0.15, 0.2) is 0 Å². The van der Waals surface area contributed by atoms with Crippen LogP contribution in [0.5, 0.6) is 0 Å². The van der Waals surface area contributed by atoms with Crippen LogP contribution in [-0.2, 0) is 26.5 Å². The van der Waals surface area contributed by atoms with E-state index in [1.165, 1.54) is 42.8 Å². The molecule has 0 saturated heterocycles. The third kappa shape index (κ3) is 7.16. The number of aromatic nitrogens is 2. The summed E-state index contributed by atoms with van der Waals surface area (Å²) in [7, 11) is 0. The average Bonchev–Trinajstić information content (AvgIpc) is 3.65. The molecular formula is C44H38IrN2OS-2. The summed E-state index contributed by atoms with van der Waals surface area (Å²) >= 11 is 1.81. The van der Waals surface area contributed by atoms with Gasteiger partial charge >= 0.3 is 0 Å². The Kier molecular flexibility index (Phi) is 9.99. The molecule has 247 valence electrons. The number of rotatable bonds is 4. The second kappa shape index (κ2) is 14.2. The normalized spacial score (nSPS) is 11.4. The molecule has 49 heavy (non-hydrogen) atoms. The zero-order chi connectivity index (χ0) is 33.4. The number of fused-ring (bicyclic) bond motifs is 5. The Labute approximate surface area is 306 Å². The van der Waals surface area contributed by atoms with Crippen molar-refractivity contribution >= 4 is 43.4 Å². The molecule has 0 N–H and O–H groups in total. The molecule has 4 aromatic carbocycles. The van der Waals surface area contributed by atoms with Gasteiger partial charge in [-0.3, -0.25) is 0 Å². The molecule has 0 unspecified atom stereocenters. The van der Waals surface area contributed by atoms with Gasteiger partial charge in [0.2, 0.25) is 0 Å². The maximum absolute atomic E-state index is 6.59. The topological polar surface area (TPSA) is 38.9 Å². The Morgan fingerprint density at radius 3 is 2.20 bits per heavy atom. The van der Waals surface area contributed by atoms with E-state index in [-0.39, 0.29) is 25.5 Å². The minimum Gasteiger partial charge on any atom is -0.500 e. The third-order valence-corrected chi connectivity index (χ3v) is 9.60. The van der Waals surface area contributed by atoms with Crippen LogP contribution < -0.4 is 0 Å². The third-order valence-electron chi connectivity index (χ3n) is 8.59. The predicted molar refractivity (Wildman–Crippen MR) is 202 cm³/mol. The van der Waals surface area contributed by atoms with Crippen LogP contribution in [0.3, 0.4) is 0 Å². The van der Waals surface area contributed by atoms with Crippen molar-refractivity contribution in [1.29, 1.82) is 0 Å². The monoisotopic (exact) mass is 835 g/mol. The van der Waals surface area contributed by atoms with E-state index in [0.717, 1.165) is 50.9 Å². The Bertz CT molecular complexity index is 2330. The molecule has 0 aliphatic heterocycles. The summed E-state index contributed by atoms with van der Waals surface area (Å²) in [4.78, 5) is 10.5. The molecule has 0 atom stereocenters. The smallest absolute Gasteiger partial charge is 0.129 e. The Morgan fingerprint density at radius 2 is 1.49 bits per heavy atom. The van der Waals surface area contributed by atoms with E-state index in [1.54, 1.807) is 17.5 Å². The number of thiophene rings is 1. The molecule has 4 heterocycles. The first-order valence-electron chi connectivity index (χ1n) is 16.4. The molecule has 1 radical (unpaired) electrons. The summed E-state index contributed by atoms with van der Waals surface area (Å²) in [5.74, 6) is 0. The minimum absolute atomic E-state index is 0. The number of hydrogen-bond acceptors (Lipinski definition) is 4. The van der Waals surface area contributed by atoms with Crippen molar-refractivity contribution in [3.05, 3.63) is 143 Å². The second-order valence-electron chi connectivity index (χ2n) is 13.6. The SMILES string of the molecule is Cc1cc2c(ccc3c4cc[c-]c(-c5cc(CC(C)(C)C)c(-c6c(C)cccc6C)cn5)c4oc23)s1.[Ir].[c-]1ccccc1-c1ccccn1. The van der Waals surface area contributed by atoms with Crippen LogP contribution in [0.2, 0.25) is 0 Å². The van der Waals surface area contributed by atoms with Crippen molar-refractivity contribution in [2.75, 3.05) is 0 Å². The van der Waals surface area contributed by atoms with Gasteiger partial charge in [0.1, 0.15) is 5.58 Å². The van der Waals surface area contributed by atoms with E-state index < -0.39 is 0 Å².